The highest BCUT2D eigenvalue weighted by Gasteiger charge is 2.28. The maximum atomic E-state index is 12.8. The molecule has 0 aliphatic carbocycles. The fourth-order valence-electron chi connectivity index (χ4n) is 3.17. The third-order valence-electron chi connectivity index (χ3n) is 4.87. The summed E-state index contributed by atoms with van der Waals surface area (Å²) in [6.45, 7) is 5.20. The van der Waals surface area contributed by atoms with Gasteiger partial charge >= 0.3 is 0 Å². The quantitative estimate of drug-likeness (QED) is 0.568. The Morgan fingerprint density at radius 1 is 1.07 bits per heavy atom. The lowest BCUT2D eigenvalue weighted by molar-refractivity contribution is -0.385. The monoisotopic (exact) mass is 418 g/mol. The van der Waals surface area contributed by atoms with Crippen LogP contribution >= 0.6 is 0 Å². The molecule has 1 heterocycles. The van der Waals surface area contributed by atoms with Crippen LogP contribution in [0.3, 0.4) is 0 Å². The average molecular weight is 418 g/mol. The standard InChI is InChI=1S/C19H22N4O5S/c1-2-21-11-13-22(14-12-21)29(27,28)16-9-7-15(8-10-16)20-19(24)17-5-3-4-6-18(17)23(25)26/h3-10H,2,11-14H2,1H3,(H,20,24). The van der Waals surface area contributed by atoms with Gasteiger partial charge in [0.05, 0.1) is 9.82 Å². The summed E-state index contributed by atoms with van der Waals surface area (Å²) in [7, 11) is -3.60. The number of nitrogens with zero attached hydrogens (tertiary/aromatic N) is 3. The largest absolute Gasteiger partial charge is 0.322 e. The molecule has 0 aromatic heterocycles. The van der Waals surface area contributed by atoms with Gasteiger partial charge in [-0.25, -0.2) is 8.42 Å². The molecular weight excluding hydrogens is 396 g/mol. The molecule has 29 heavy (non-hydrogen) atoms. The van der Waals surface area contributed by atoms with E-state index < -0.39 is 20.9 Å². The van der Waals surface area contributed by atoms with E-state index in [1.54, 1.807) is 0 Å². The van der Waals surface area contributed by atoms with Gasteiger partial charge in [0.2, 0.25) is 10.0 Å². The first-order chi connectivity index (χ1) is 13.8. The summed E-state index contributed by atoms with van der Waals surface area (Å²) in [4.78, 5) is 25.2. The molecule has 1 aliphatic heterocycles. The Hall–Kier alpha value is -2.82. The van der Waals surface area contributed by atoms with Gasteiger partial charge in [-0.3, -0.25) is 14.9 Å². The second-order valence-corrected chi connectivity index (χ2v) is 8.53. The van der Waals surface area contributed by atoms with Crippen LogP contribution in [0.5, 0.6) is 0 Å². The molecule has 0 spiro atoms. The Morgan fingerprint density at radius 3 is 2.28 bits per heavy atom. The van der Waals surface area contributed by atoms with Gasteiger partial charge in [0.15, 0.2) is 0 Å². The first-order valence-electron chi connectivity index (χ1n) is 9.20. The molecule has 3 rings (SSSR count). The van der Waals surface area contributed by atoms with Crippen molar-refractivity contribution in [3.8, 4) is 0 Å². The molecule has 154 valence electrons. The Balaban J connectivity index is 1.72. The number of nitro groups is 1. The van der Waals surface area contributed by atoms with Gasteiger partial charge in [0.1, 0.15) is 5.56 Å². The maximum Gasteiger partial charge on any atom is 0.282 e. The fourth-order valence-corrected chi connectivity index (χ4v) is 4.59. The molecule has 9 nitrogen and oxygen atoms in total. The molecule has 10 heteroatoms. The van der Waals surface area contributed by atoms with Crippen LogP contribution in [0.2, 0.25) is 0 Å². The summed E-state index contributed by atoms with van der Waals surface area (Å²) >= 11 is 0. The molecule has 1 saturated heterocycles. The van der Waals surface area contributed by atoms with Crippen LogP contribution in [-0.2, 0) is 10.0 Å². The Labute approximate surface area is 169 Å². The third kappa shape index (κ3) is 4.61. The molecule has 1 amide bonds. The summed E-state index contributed by atoms with van der Waals surface area (Å²) < 4.78 is 27.1. The molecule has 1 aliphatic rings. The molecular formula is C19H22N4O5S. The number of rotatable bonds is 6. The molecule has 2 aromatic rings. The van der Waals surface area contributed by atoms with E-state index in [4.69, 9.17) is 0 Å². The van der Waals surface area contributed by atoms with E-state index in [2.05, 4.69) is 10.2 Å². The van der Waals surface area contributed by atoms with Gasteiger partial charge in [-0.05, 0) is 36.9 Å². The maximum absolute atomic E-state index is 12.8. The second-order valence-electron chi connectivity index (χ2n) is 6.59. The Morgan fingerprint density at radius 2 is 1.69 bits per heavy atom. The van der Waals surface area contributed by atoms with Crippen LogP contribution in [0.4, 0.5) is 11.4 Å². The Kier molecular flexibility index (Phi) is 6.26. The van der Waals surface area contributed by atoms with Crippen LogP contribution in [0.15, 0.2) is 53.4 Å². The van der Waals surface area contributed by atoms with Crippen LogP contribution < -0.4 is 5.32 Å². The van der Waals surface area contributed by atoms with Crippen molar-refractivity contribution in [1.82, 2.24) is 9.21 Å². The van der Waals surface area contributed by atoms with Crippen LogP contribution in [-0.4, -0.2) is 61.2 Å². The van der Waals surface area contributed by atoms with Crippen molar-refractivity contribution in [1.29, 1.82) is 0 Å². The highest BCUT2D eigenvalue weighted by atomic mass is 32.2. The summed E-state index contributed by atoms with van der Waals surface area (Å²) in [6, 6.07) is 11.4. The number of benzene rings is 2. The molecule has 0 radical (unpaired) electrons. The molecule has 0 bridgehead atoms. The van der Waals surface area contributed by atoms with Gasteiger partial charge in [0.25, 0.3) is 11.6 Å². The minimum atomic E-state index is -3.60. The number of nitrogens with one attached hydrogen (secondary N) is 1. The predicted molar refractivity (Wildman–Crippen MR) is 108 cm³/mol. The van der Waals surface area contributed by atoms with Gasteiger partial charge in [-0.1, -0.05) is 19.1 Å². The number of para-hydroxylation sites is 1. The van der Waals surface area contributed by atoms with Crippen molar-refractivity contribution < 1.29 is 18.1 Å². The van der Waals surface area contributed by atoms with Crippen LogP contribution in [0.1, 0.15) is 17.3 Å². The van der Waals surface area contributed by atoms with Crippen LogP contribution in [0, 0.1) is 10.1 Å². The zero-order valence-electron chi connectivity index (χ0n) is 15.9. The Bertz CT molecular complexity index is 1000. The average Bonchev–Trinajstić information content (AvgIpc) is 2.74. The zero-order chi connectivity index (χ0) is 21.0. The lowest BCUT2D eigenvalue weighted by atomic mass is 10.1. The van der Waals surface area contributed by atoms with Crippen molar-refractivity contribution in [2.45, 2.75) is 11.8 Å². The highest BCUT2D eigenvalue weighted by molar-refractivity contribution is 7.89. The third-order valence-corrected chi connectivity index (χ3v) is 6.79. The van der Waals surface area contributed by atoms with Crippen molar-refractivity contribution in [3.05, 3.63) is 64.2 Å². The second kappa shape index (κ2) is 8.68. The summed E-state index contributed by atoms with van der Waals surface area (Å²) in [5, 5.41) is 13.6. The predicted octanol–water partition coefficient (Wildman–Crippen LogP) is 2.17. The summed E-state index contributed by atoms with van der Waals surface area (Å²) in [5.41, 5.74) is -0.0127. The normalized spacial score (nSPS) is 15.8. The first-order valence-corrected chi connectivity index (χ1v) is 10.6. The number of hydrogen-bond acceptors (Lipinski definition) is 6. The van der Waals surface area contributed by atoms with E-state index in [9.17, 15) is 23.3 Å². The number of likely N-dealkylation sites (N-methyl/N-ethyl adjacent to an activating group) is 1. The molecule has 0 atom stereocenters. The highest BCUT2D eigenvalue weighted by Crippen LogP contribution is 2.22. The van der Waals surface area contributed by atoms with Crippen LogP contribution in [0.25, 0.3) is 0 Å². The molecule has 0 unspecified atom stereocenters. The van der Waals surface area contributed by atoms with E-state index in [0.717, 1.165) is 6.54 Å². The number of hydrogen-bond donors (Lipinski definition) is 1. The van der Waals surface area contributed by atoms with Gasteiger partial charge in [-0.15, -0.1) is 0 Å². The number of carbonyl (C=O) groups excluding carboxylic acids is 1. The topological polar surface area (TPSA) is 113 Å². The smallest absolute Gasteiger partial charge is 0.282 e. The molecule has 1 fully saturated rings. The molecule has 2 aromatic carbocycles. The van der Waals surface area contributed by atoms with Gasteiger partial charge < -0.3 is 10.2 Å². The van der Waals surface area contributed by atoms with Crippen molar-refractivity contribution in [2.75, 3.05) is 38.0 Å². The van der Waals surface area contributed by atoms with E-state index in [1.807, 2.05) is 6.92 Å². The number of anilines is 1. The lowest BCUT2D eigenvalue weighted by Crippen LogP contribution is -2.48. The van der Waals surface area contributed by atoms with Crippen molar-refractivity contribution in [2.24, 2.45) is 0 Å². The fraction of sp³-hybridized carbons (Fsp3) is 0.316. The number of sulfonamides is 1. The first kappa shape index (κ1) is 20.9. The van der Waals surface area contributed by atoms with E-state index in [0.29, 0.717) is 31.9 Å². The van der Waals surface area contributed by atoms with E-state index in [1.165, 1.54) is 52.8 Å². The summed E-state index contributed by atoms with van der Waals surface area (Å²) in [6.07, 6.45) is 0. The number of amides is 1. The summed E-state index contributed by atoms with van der Waals surface area (Å²) in [5.74, 6) is -0.636. The SMILES string of the molecule is CCN1CCN(S(=O)(=O)c2ccc(NC(=O)c3ccccc3[N+](=O)[O-])cc2)CC1. The van der Waals surface area contributed by atoms with Crippen molar-refractivity contribution >= 4 is 27.3 Å². The zero-order valence-corrected chi connectivity index (χ0v) is 16.8. The van der Waals surface area contributed by atoms with E-state index >= 15 is 0 Å². The van der Waals surface area contributed by atoms with Gasteiger partial charge in [-0.2, -0.15) is 4.31 Å². The number of carbonyl (C=O) groups is 1. The van der Waals surface area contributed by atoms with Gasteiger partial charge in [0, 0.05) is 37.9 Å². The molecule has 1 N–H and O–H groups in total. The van der Waals surface area contributed by atoms with E-state index in [-0.39, 0.29) is 16.1 Å². The molecule has 0 saturated carbocycles. The number of piperazine rings is 1. The van der Waals surface area contributed by atoms with Crippen molar-refractivity contribution in [3.63, 3.8) is 0 Å². The number of nitro benzene ring substituents is 1. The minimum absolute atomic E-state index is 0.0667. The minimum Gasteiger partial charge on any atom is -0.322 e. The lowest BCUT2D eigenvalue weighted by Gasteiger charge is -2.33.